The van der Waals surface area contributed by atoms with Gasteiger partial charge in [-0.3, -0.25) is 0 Å². The van der Waals surface area contributed by atoms with Gasteiger partial charge in [0.2, 0.25) is 0 Å². The van der Waals surface area contributed by atoms with Gasteiger partial charge >= 0.3 is 0 Å². The molecule has 1 aliphatic heterocycles. The fraction of sp³-hybridized carbons (Fsp3) is 0.250. The van der Waals surface area contributed by atoms with E-state index in [1.54, 1.807) is 0 Å². The molecule has 0 spiro atoms. The molecule has 0 radical (unpaired) electrons. The van der Waals surface area contributed by atoms with Gasteiger partial charge in [-0.2, -0.15) is 0 Å². The lowest BCUT2D eigenvalue weighted by Crippen LogP contribution is -1.51. The van der Waals surface area contributed by atoms with E-state index >= 15 is 0 Å². The maximum absolute atomic E-state index is 3.77. The Morgan fingerprint density at radius 3 is 2.71 bits per heavy atom. The van der Waals surface area contributed by atoms with Crippen LogP contribution in [0.15, 0.2) is 20.7 Å². The van der Waals surface area contributed by atoms with Crippen molar-refractivity contribution in [2.24, 2.45) is 9.63 Å². The van der Waals surface area contributed by atoms with Gasteiger partial charge in [-0.05, 0) is 23.5 Å². The molecule has 38 valence electrons. The van der Waals surface area contributed by atoms with E-state index in [4.69, 9.17) is 0 Å². The first kappa shape index (κ1) is 4.71. The van der Waals surface area contributed by atoms with Crippen molar-refractivity contribution >= 4 is 16.5 Å². The lowest BCUT2D eigenvalue weighted by Gasteiger charge is -1.72. The van der Waals surface area contributed by atoms with Crippen molar-refractivity contribution in [2.75, 3.05) is 0 Å². The highest BCUT2D eigenvalue weighted by Gasteiger charge is 1.92. The smallest absolute Gasteiger partial charge is 0.0682 e. The Kier molecular flexibility index (Phi) is 1.06. The first-order chi connectivity index (χ1) is 3.29. The average Bonchev–Trinajstić information content (AvgIpc) is 1.87. The van der Waals surface area contributed by atoms with Crippen LogP contribution in [0.1, 0.15) is 6.92 Å². The van der Waals surface area contributed by atoms with E-state index in [9.17, 15) is 0 Å². The molecule has 0 aromatic rings. The second-order valence-corrected chi connectivity index (χ2v) is 2.54. The van der Waals surface area contributed by atoms with Crippen molar-refractivity contribution < 1.29 is 0 Å². The van der Waals surface area contributed by atoms with Gasteiger partial charge in [-0.25, -0.2) is 0 Å². The summed E-state index contributed by atoms with van der Waals surface area (Å²) in [5.74, 6) is 3.68. The molecule has 1 rings (SSSR count). The van der Waals surface area contributed by atoms with Crippen molar-refractivity contribution in [1.82, 2.24) is 0 Å². The van der Waals surface area contributed by atoms with Crippen LogP contribution in [0.3, 0.4) is 0 Å². The fourth-order valence-electron chi connectivity index (χ4n) is 0.361. The second-order valence-electron chi connectivity index (χ2n) is 1.34. The first-order valence-corrected chi connectivity index (χ1v) is 3.33. The second kappa shape index (κ2) is 1.58. The molecule has 0 bridgehead atoms. The lowest BCUT2D eigenvalue weighted by molar-refractivity contribution is 1.22. The highest BCUT2D eigenvalue weighted by Crippen LogP contribution is 2.24. The largest absolute Gasteiger partial charge is 0.148 e. The fourth-order valence-corrected chi connectivity index (χ4v) is 1.08. The van der Waals surface area contributed by atoms with Gasteiger partial charge in [0.05, 0.1) is 5.70 Å². The van der Waals surface area contributed by atoms with Crippen LogP contribution in [0.2, 0.25) is 0 Å². The topological polar surface area (TPSA) is 24.7 Å². The SMILES string of the molecule is C=S1C=C(C)N=N1. The van der Waals surface area contributed by atoms with Crippen molar-refractivity contribution in [1.29, 1.82) is 0 Å². The third-order valence-corrected chi connectivity index (χ3v) is 1.51. The minimum atomic E-state index is -0.157. The predicted molar refractivity (Wildman–Crippen MR) is 33.3 cm³/mol. The lowest BCUT2D eigenvalue weighted by atomic mass is 10.6. The molecule has 0 aromatic carbocycles. The van der Waals surface area contributed by atoms with Crippen LogP contribution < -0.4 is 0 Å². The van der Waals surface area contributed by atoms with Crippen LogP contribution in [0.25, 0.3) is 0 Å². The summed E-state index contributed by atoms with van der Waals surface area (Å²) in [5.41, 5.74) is 0.985. The Bertz CT molecular complexity index is 157. The molecule has 0 saturated carbocycles. The molecule has 2 nitrogen and oxygen atoms in total. The zero-order chi connectivity index (χ0) is 5.28. The van der Waals surface area contributed by atoms with E-state index in [0.29, 0.717) is 0 Å². The van der Waals surface area contributed by atoms with Gasteiger partial charge in [-0.1, -0.05) is 0 Å². The molecule has 0 aliphatic carbocycles. The summed E-state index contributed by atoms with van der Waals surface area (Å²) >= 11 is 0. The average molecular weight is 114 g/mol. The summed E-state index contributed by atoms with van der Waals surface area (Å²) in [6.07, 6.45) is 0. The summed E-state index contributed by atoms with van der Waals surface area (Å²) in [7, 11) is -0.157. The van der Waals surface area contributed by atoms with E-state index in [2.05, 4.69) is 15.5 Å². The van der Waals surface area contributed by atoms with Crippen LogP contribution in [0.4, 0.5) is 0 Å². The van der Waals surface area contributed by atoms with Gasteiger partial charge in [0.25, 0.3) is 0 Å². The zero-order valence-electron chi connectivity index (χ0n) is 4.09. The van der Waals surface area contributed by atoms with Crippen molar-refractivity contribution in [3.8, 4) is 0 Å². The monoisotopic (exact) mass is 114 g/mol. The van der Waals surface area contributed by atoms with E-state index in [1.807, 2.05) is 12.3 Å². The maximum Gasteiger partial charge on any atom is 0.0682 e. The molecule has 0 aromatic heterocycles. The molecule has 3 heteroatoms. The molecule has 1 unspecified atom stereocenters. The molecule has 1 heterocycles. The Morgan fingerprint density at radius 2 is 2.57 bits per heavy atom. The van der Waals surface area contributed by atoms with Crippen molar-refractivity contribution in [2.45, 2.75) is 6.92 Å². The minimum Gasteiger partial charge on any atom is -0.148 e. The summed E-state index contributed by atoms with van der Waals surface area (Å²) in [4.78, 5) is 0. The minimum absolute atomic E-state index is 0.157. The Morgan fingerprint density at radius 1 is 1.86 bits per heavy atom. The first-order valence-electron chi connectivity index (χ1n) is 1.92. The third-order valence-electron chi connectivity index (χ3n) is 0.610. The van der Waals surface area contributed by atoms with E-state index in [1.165, 1.54) is 0 Å². The number of hydrogen-bond donors (Lipinski definition) is 0. The zero-order valence-corrected chi connectivity index (χ0v) is 4.90. The molecule has 1 aliphatic rings. The van der Waals surface area contributed by atoms with E-state index in [-0.39, 0.29) is 10.7 Å². The third kappa shape index (κ3) is 0.962. The van der Waals surface area contributed by atoms with Gasteiger partial charge in [0.1, 0.15) is 0 Å². The number of allylic oxidation sites excluding steroid dienone is 1. The predicted octanol–water partition coefficient (Wildman–Crippen LogP) is 1.93. The van der Waals surface area contributed by atoms with E-state index in [0.717, 1.165) is 5.70 Å². The summed E-state index contributed by atoms with van der Waals surface area (Å²) < 4.78 is 3.77. The number of hydrogen-bond acceptors (Lipinski definition) is 2. The van der Waals surface area contributed by atoms with Crippen LogP contribution in [0, 0.1) is 0 Å². The molecular formula is C4H6N2S. The molecule has 1 atom stereocenters. The van der Waals surface area contributed by atoms with Gasteiger partial charge in [0, 0.05) is 5.41 Å². The molecule has 0 N–H and O–H groups in total. The van der Waals surface area contributed by atoms with E-state index < -0.39 is 0 Å². The highest BCUT2D eigenvalue weighted by atomic mass is 32.2. The molecule has 0 fully saturated rings. The maximum atomic E-state index is 3.77. The summed E-state index contributed by atoms with van der Waals surface area (Å²) in [5, 5.41) is 5.70. The highest BCUT2D eigenvalue weighted by molar-refractivity contribution is 8.15. The van der Waals surface area contributed by atoms with Crippen molar-refractivity contribution in [3.63, 3.8) is 0 Å². The standard InChI is InChI=1S/C4H6N2S/c1-4-3-7(2)6-5-4/h3H,2H2,1H3. The molecule has 0 amide bonds. The van der Waals surface area contributed by atoms with Crippen LogP contribution in [-0.2, 0) is 0 Å². The summed E-state index contributed by atoms with van der Waals surface area (Å²) in [6.45, 7) is 1.92. The van der Waals surface area contributed by atoms with Crippen molar-refractivity contribution in [3.05, 3.63) is 11.1 Å². The quantitative estimate of drug-likeness (QED) is 0.430. The molecule has 7 heavy (non-hydrogen) atoms. The molecule has 0 saturated heterocycles. The van der Waals surface area contributed by atoms with Crippen LogP contribution in [0.5, 0.6) is 0 Å². The van der Waals surface area contributed by atoms with Gasteiger partial charge in [-0.15, -0.1) is 9.63 Å². The molecular weight excluding hydrogens is 108 g/mol. The van der Waals surface area contributed by atoms with Crippen LogP contribution >= 0.6 is 10.7 Å². The Labute approximate surface area is 45.0 Å². The Balaban J connectivity index is 2.88. The normalized spacial score (nSPS) is 28.1. The van der Waals surface area contributed by atoms with Crippen LogP contribution in [-0.4, -0.2) is 5.87 Å². The summed E-state index contributed by atoms with van der Waals surface area (Å²) in [6, 6.07) is 0. The van der Waals surface area contributed by atoms with Gasteiger partial charge < -0.3 is 0 Å². The number of rotatable bonds is 0. The number of nitrogens with zero attached hydrogens (tertiary/aromatic N) is 2. The van der Waals surface area contributed by atoms with Gasteiger partial charge in [0.15, 0.2) is 0 Å². The Hall–Kier alpha value is -0.440.